The van der Waals surface area contributed by atoms with Gasteiger partial charge in [0.25, 0.3) is 5.56 Å². The Morgan fingerprint density at radius 2 is 2.06 bits per heavy atom. The minimum atomic E-state index is -0.161. The molecule has 0 unspecified atom stereocenters. The molecule has 0 saturated heterocycles. The minimum absolute atomic E-state index is 0.124. The van der Waals surface area contributed by atoms with Crippen LogP contribution in [-0.2, 0) is 17.9 Å². The Morgan fingerprint density at radius 1 is 1.21 bits per heavy atom. The second-order valence-corrected chi connectivity index (χ2v) is 9.34. The maximum atomic E-state index is 13.2. The lowest BCUT2D eigenvalue weighted by molar-refractivity contribution is -0.118. The number of para-hydroxylation sites is 1. The molecule has 4 aromatic rings. The summed E-state index contributed by atoms with van der Waals surface area (Å²) in [4.78, 5) is 30.5. The molecule has 5 rings (SSSR count). The number of carbonyl (C=O) groups excluding carboxylic acids is 1. The first-order valence-corrected chi connectivity index (χ1v) is 12.4. The smallest absolute Gasteiger partial charge is 0.272 e. The molecule has 0 spiro atoms. The largest absolute Gasteiger partial charge is 0.496 e. The van der Waals surface area contributed by atoms with Gasteiger partial charge in [-0.2, -0.15) is 0 Å². The highest BCUT2D eigenvalue weighted by molar-refractivity contribution is 7.99. The highest BCUT2D eigenvalue weighted by Crippen LogP contribution is 2.32. The molecule has 34 heavy (non-hydrogen) atoms. The van der Waals surface area contributed by atoms with E-state index in [0.717, 1.165) is 11.1 Å². The third-order valence-electron chi connectivity index (χ3n) is 5.31. The topological polar surface area (TPSA) is 91.7 Å². The number of fused-ring (bicyclic) bond motifs is 2. The van der Waals surface area contributed by atoms with E-state index < -0.39 is 0 Å². The number of nitrogens with zero attached hydrogens (tertiary/aromatic N) is 2. The van der Waals surface area contributed by atoms with E-state index in [2.05, 4.69) is 10.3 Å². The summed E-state index contributed by atoms with van der Waals surface area (Å²) in [6.45, 7) is 0.867. The van der Waals surface area contributed by atoms with Crippen LogP contribution in [0.2, 0.25) is 0 Å². The van der Waals surface area contributed by atoms with Crippen LogP contribution in [0.5, 0.6) is 17.2 Å². The molecule has 10 heteroatoms. The number of rotatable bonds is 8. The van der Waals surface area contributed by atoms with Crippen molar-refractivity contribution in [2.75, 3.05) is 19.7 Å². The summed E-state index contributed by atoms with van der Waals surface area (Å²) >= 11 is 2.60. The molecule has 8 nitrogen and oxygen atoms in total. The van der Waals surface area contributed by atoms with E-state index in [-0.39, 0.29) is 24.0 Å². The maximum absolute atomic E-state index is 13.2. The Hall–Kier alpha value is -3.50. The molecule has 0 fully saturated rings. The molecule has 0 bridgehead atoms. The number of nitrogens with one attached hydrogen (secondary N) is 1. The molecule has 0 atom stereocenters. The Kier molecular flexibility index (Phi) is 6.41. The summed E-state index contributed by atoms with van der Waals surface area (Å²) in [5.74, 6) is 2.03. The first-order valence-electron chi connectivity index (χ1n) is 10.5. The number of hydrogen-bond donors (Lipinski definition) is 1. The summed E-state index contributed by atoms with van der Waals surface area (Å²) < 4.78 is 18.3. The van der Waals surface area contributed by atoms with Crippen LogP contribution < -0.4 is 25.1 Å². The second-order valence-electron chi connectivity index (χ2n) is 7.49. The quantitative estimate of drug-likeness (QED) is 0.295. The molecule has 1 aliphatic heterocycles. The standard InChI is InChI=1S/C24H21N3O5S2/c1-30-18-5-3-2-4-16(18)12-27-23(29)22-17(8-9-33-22)26-24(27)34-13-21(28)25-11-15-6-7-19-20(10-15)32-14-31-19/h2-10H,11-14H2,1H3,(H,25,28). The van der Waals surface area contributed by atoms with Gasteiger partial charge in [0.15, 0.2) is 16.7 Å². The molecule has 3 heterocycles. The Bertz CT molecular complexity index is 1420. The summed E-state index contributed by atoms with van der Waals surface area (Å²) in [6, 6.07) is 14.9. The van der Waals surface area contributed by atoms with Gasteiger partial charge >= 0.3 is 0 Å². The Balaban J connectivity index is 1.32. The second kappa shape index (κ2) is 9.78. The van der Waals surface area contributed by atoms with Gasteiger partial charge in [-0.05, 0) is 35.2 Å². The van der Waals surface area contributed by atoms with Gasteiger partial charge in [0.05, 0.1) is 24.9 Å². The minimum Gasteiger partial charge on any atom is -0.496 e. The number of thiophene rings is 1. The number of carbonyl (C=O) groups is 1. The average Bonchev–Trinajstić information content (AvgIpc) is 3.53. The van der Waals surface area contributed by atoms with Crippen LogP contribution in [0.15, 0.2) is 63.9 Å². The monoisotopic (exact) mass is 495 g/mol. The fraction of sp³-hybridized carbons (Fsp3) is 0.208. The van der Waals surface area contributed by atoms with Crippen LogP contribution in [0.4, 0.5) is 0 Å². The first kappa shape index (κ1) is 22.3. The highest BCUT2D eigenvalue weighted by Gasteiger charge is 2.17. The van der Waals surface area contributed by atoms with E-state index in [4.69, 9.17) is 14.2 Å². The van der Waals surface area contributed by atoms with Crippen molar-refractivity contribution >= 4 is 39.2 Å². The molecule has 174 valence electrons. The van der Waals surface area contributed by atoms with E-state index in [9.17, 15) is 9.59 Å². The number of ether oxygens (including phenoxy) is 3. The van der Waals surface area contributed by atoms with Crippen molar-refractivity contribution in [3.05, 3.63) is 75.4 Å². The molecule has 1 amide bonds. The number of methoxy groups -OCH3 is 1. The van der Waals surface area contributed by atoms with Crippen LogP contribution in [0.1, 0.15) is 11.1 Å². The highest BCUT2D eigenvalue weighted by atomic mass is 32.2. The van der Waals surface area contributed by atoms with Crippen molar-refractivity contribution in [3.63, 3.8) is 0 Å². The fourth-order valence-electron chi connectivity index (χ4n) is 3.61. The zero-order valence-electron chi connectivity index (χ0n) is 18.3. The lowest BCUT2D eigenvalue weighted by Crippen LogP contribution is -2.26. The SMILES string of the molecule is COc1ccccc1Cn1c(SCC(=O)NCc2ccc3c(c2)OCO3)nc2ccsc2c1=O. The van der Waals surface area contributed by atoms with Gasteiger partial charge in [-0.1, -0.05) is 36.0 Å². The van der Waals surface area contributed by atoms with Crippen LogP contribution >= 0.6 is 23.1 Å². The van der Waals surface area contributed by atoms with Crippen molar-refractivity contribution in [1.29, 1.82) is 0 Å². The zero-order chi connectivity index (χ0) is 23.5. The summed E-state index contributed by atoms with van der Waals surface area (Å²) in [7, 11) is 1.60. The lowest BCUT2D eigenvalue weighted by atomic mass is 10.2. The van der Waals surface area contributed by atoms with E-state index in [1.54, 1.807) is 11.7 Å². The van der Waals surface area contributed by atoms with E-state index >= 15 is 0 Å². The molecule has 1 aliphatic rings. The van der Waals surface area contributed by atoms with Crippen molar-refractivity contribution in [2.45, 2.75) is 18.2 Å². The summed E-state index contributed by atoms with van der Waals surface area (Å²) in [6.07, 6.45) is 0. The number of benzene rings is 2. The van der Waals surface area contributed by atoms with Gasteiger partial charge in [0.2, 0.25) is 12.7 Å². The molecule has 0 saturated carbocycles. The van der Waals surface area contributed by atoms with Crippen molar-refractivity contribution in [3.8, 4) is 17.2 Å². The van der Waals surface area contributed by atoms with Gasteiger partial charge in [0, 0.05) is 12.1 Å². The van der Waals surface area contributed by atoms with Crippen LogP contribution in [0.3, 0.4) is 0 Å². The molecular formula is C24H21N3O5S2. The lowest BCUT2D eigenvalue weighted by Gasteiger charge is -2.14. The molecule has 2 aromatic carbocycles. The first-order chi connectivity index (χ1) is 16.6. The number of amides is 1. The average molecular weight is 496 g/mol. The maximum Gasteiger partial charge on any atom is 0.272 e. The predicted molar refractivity (Wildman–Crippen MR) is 131 cm³/mol. The normalized spacial score (nSPS) is 12.1. The van der Waals surface area contributed by atoms with Gasteiger partial charge in [-0.3, -0.25) is 14.2 Å². The van der Waals surface area contributed by atoms with Crippen molar-refractivity contribution in [2.24, 2.45) is 0 Å². The number of aromatic nitrogens is 2. The van der Waals surface area contributed by atoms with Crippen LogP contribution in [0.25, 0.3) is 10.2 Å². The summed E-state index contributed by atoms with van der Waals surface area (Å²) in [5.41, 5.74) is 2.27. The van der Waals surface area contributed by atoms with Crippen LogP contribution in [-0.4, -0.2) is 35.1 Å². The molecule has 2 aromatic heterocycles. The summed E-state index contributed by atoms with van der Waals surface area (Å²) in [5, 5.41) is 5.24. The number of hydrogen-bond acceptors (Lipinski definition) is 8. The van der Waals surface area contributed by atoms with Crippen molar-refractivity contribution < 1.29 is 19.0 Å². The molecule has 1 N–H and O–H groups in total. The van der Waals surface area contributed by atoms with Gasteiger partial charge in [0.1, 0.15) is 10.4 Å². The molecule has 0 radical (unpaired) electrons. The van der Waals surface area contributed by atoms with E-state index in [0.29, 0.717) is 45.7 Å². The fourth-order valence-corrected chi connectivity index (χ4v) is 5.22. The van der Waals surface area contributed by atoms with E-state index in [1.807, 2.05) is 53.9 Å². The number of thioether (sulfide) groups is 1. The van der Waals surface area contributed by atoms with Crippen LogP contribution in [0, 0.1) is 0 Å². The Labute approximate surface area is 203 Å². The zero-order valence-corrected chi connectivity index (χ0v) is 19.9. The van der Waals surface area contributed by atoms with Gasteiger partial charge < -0.3 is 19.5 Å². The third-order valence-corrected chi connectivity index (χ3v) is 7.18. The molecular weight excluding hydrogens is 474 g/mol. The molecule has 0 aliphatic carbocycles. The van der Waals surface area contributed by atoms with Gasteiger partial charge in [-0.25, -0.2) is 4.98 Å². The Morgan fingerprint density at radius 3 is 2.94 bits per heavy atom. The van der Waals surface area contributed by atoms with Crippen molar-refractivity contribution in [1.82, 2.24) is 14.9 Å². The van der Waals surface area contributed by atoms with Gasteiger partial charge in [-0.15, -0.1) is 11.3 Å². The third kappa shape index (κ3) is 4.59. The predicted octanol–water partition coefficient (Wildman–Crippen LogP) is 3.65. The van der Waals surface area contributed by atoms with E-state index in [1.165, 1.54) is 23.1 Å².